The molecule has 0 saturated heterocycles. The van der Waals surface area contributed by atoms with Crippen LogP contribution in [-0.4, -0.2) is 27.4 Å². The van der Waals surface area contributed by atoms with E-state index in [0.717, 1.165) is 17.7 Å². The zero-order chi connectivity index (χ0) is 14.0. The average Bonchev–Trinajstić information content (AvgIpc) is 2.79. The summed E-state index contributed by atoms with van der Waals surface area (Å²) in [5, 5.41) is 0. The average molecular weight is 282 g/mol. The molecule has 0 aliphatic carbocycles. The zero-order valence-electron chi connectivity index (χ0n) is 11.1. The van der Waals surface area contributed by atoms with E-state index in [4.69, 9.17) is 0 Å². The van der Waals surface area contributed by atoms with E-state index in [1.165, 1.54) is 6.92 Å². The molecule has 1 heterocycles. The first-order valence-electron chi connectivity index (χ1n) is 6.36. The zero-order valence-corrected chi connectivity index (χ0v) is 12.0. The Labute approximate surface area is 113 Å². The van der Waals surface area contributed by atoms with Crippen molar-refractivity contribution in [1.82, 2.24) is 4.72 Å². The summed E-state index contributed by atoms with van der Waals surface area (Å²) < 4.78 is 26.6. The minimum absolute atomic E-state index is 0.0153. The molecule has 19 heavy (non-hydrogen) atoms. The third kappa shape index (κ3) is 2.79. The molecule has 1 aliphatic rings. The van der Waals surface area contributed by atoms with Crippen LogP contribution in [0.1, 0.15) is 25.8 Å². The standard InChI is InChI=1S/C13H18N2O3S/c1-3-7-14-19(17,18)12-4-5-13-11(9-12)6-8-15(13)10(2)16/h4-5,9,14H,3,6-8H2,1-2H3. The number of hydrogen-bond acceptors (Lipinski definition) is 3. The molecular weight excluding hydrogens is 264 g/mol. The Balaban J connectivity index is 2.31. The van der Waals surface area contributed by atoms with Crippen molar-refractivity contribution in [2.24, 2.45) is 0 Å². The third-order valence-electron chi connectivity index (χ3n) is 3.18. The number of sulfonamides is 1. The summed E-state index contributed by atoms with van der Waals surface area (Å²) >= 11 is 0. The van der Waals surface area contributed by atoms with Crippen LogP contribution < -0.4 is 9.62 Å². The van der Waals surface area contributed by atoms with Gasteiger partial charge in [-0.3, -0.25) is 4.79 Å². The van der Waals surface area contributed by atoms with Gasteiger partial charge in [0.15, 0.2) is 0 Å². The van der Waals surface area contributed by atoms with Gasteiger partial charge in [0, 0.05) is 25.7 Å². The molecule has 0 saturated carbocycles. The predicted octanol–water partition coefficient (Wildman–Crippen LogP) is 1.28. The molecule has 0 unspecified atom stereocenters. The number of fused-ring (bicyclic) bond motifs is 1. The van der Waals surface area contributed by atoms with Crippen LogP contribution in [0.3, 0.4) is 0 Å². The number of hydrogen-bond donors (Lipinski definition) is 1. The summed E-state index contributed by atoms with van der Waals surface area (Å²) in [6.07, 6.45) is 1.45. The highest BCUT2D eigenvalue weighted by atomic mass is 32.2. The van der Waals surface area contributed by atoms with Gasteiger partial charge in [0.1, 0.15) is 0 Å². The molecule has 5 nitrogen and oxygen atoms in total. The normalized spacial score (nSPS) is 14.5. The van der Waals surface area contributed by atoms with E-state index in [9.17, 15) is 13.2 Å². The summed E-state index contributed by atoms with van der Waals surface area (Å²) in [5.74, 6) is -0.0153. The Hall–Kier alpha value is -1.40. The van der Waals surface area contributed by atoms with Crippen LogP contribution in [0.4, 0.5) is 5.69 Å². The van der Waals surface area contributed by atoms with E-state index in [2.05, 4.69) is 4.72 Å². The largest absolute Gasteiger partial charge is 0.312 e. The van der Waals surface area contributed by atoms with Crippen LogP contribution in [0.2, 0.25) is 0 Å². The Kier molecular flexibility index (Phi) is 3.91. The van der Waals surface area contributed by atoms with Crippen LogP contribution >= 0.6 is 0 Å². The van der Waals surface area contributed by atoms with E-state index in [1.807, 2.05) is 6.92 Å². The highest BCUT2D eigenvalue weighted by molar-refractivity contribution is 7.89. The van der Waals surface area contributed by atoms with Gasteiger partial charge >= 0.3 is 0 Å². The van der Waals surface area contributed by atoms with Crippen molar-refractivity contribution in [2.75, 3.05) is 18.0 Å². The van der Waals surface area contributed by atoms with Crippen molar-refractivity contribution in [1.29, 1.82) is 0 Å². The van der Waals surface area contributed by atoms with Gasteiger partial charge in [-0.1, -0.05) is 6.92 Å². The summed E-state index contributed by atoms with van der Waals surface area (Å²) in [4.78, 5) is 13.4. The predicted molar refractivity (Wildman–Crippen MR) is 73.7 cm³/mol. The van der Waals surface area contributed by atoms with Gasteiger partial charge in [0.05, 0.1) is 4.90 Å². The molecular formula is C13H18N2O3S. The number of carbonyl (C=O) groups is 1. The molecule has 1 aromatic carbocycles. The lowest BCUT2D eigenvalue weighted by Gasteiger charge is -2.15. The van der Waals surface area contributed by atoms with E-state index >= 15 is 0 Å². The summed E-state index contributed by atoms with van der Waals surface area (Å²) in [5.41, 5.74) is 1.73. The van der Waals surface area contributed by atoms with Gasteiger partial charge in [-0.2, -0.15) is 0 Å². The van der Waals surface area contributed by atoms with Crippen LogP contribution in [0.15, 0.2) is 23.1 Å². The molecule has 0 atom stereocenters. The van der Waals surface area contributed by atoms with Crippen LogP contribution in [0.5, 0.6) is 0 Å². The lowest BCUT2D eigenvalue weighted by molar-refractivity contribution is -0.116. The molecule has 2 rings (SSSR count). The fourth-order valence-corrected chi connectivity index (χ4v) is 3.38. The quantitative estimate of drug-likeness (QED) is 0.904. The third-order valence-corrected chi connectivity index (χ3v) is 4.64. The van der Waals surface area contributed by atoms with Gasteiger partial charge in [0.25, 0.3) is 0 Å². The minimum Gasteiger partial charge on any atom is -0.312 e. The van der Waals surface area contributed by atoms with E-state index < -0.39 is 10.0 Å². The molecule has 0 radical (unpaired) electrons. The van der Waals surface area contributed by atoms with E-state index in [0.29, 0.717) is 19.5 Å². The lowest BCUT2D eigenvalue weighted by Crippen LogP contribution is -2.26. The molecule has 1 aromatic rings. The fraction of sp³-hybridized carbons (Fsp3) is 0.462. The maximum Gasteiger partial charge on any atom is 0.240 e. The highest BCUT2D eigenvalue weighted by Gasteiger charge is 2.24. The maximum atomic E-state index is 12.0. The molecule has 0 aromatic heterocycles. The second-order valence-electron chi connectivity index (χ2n) is 4.61. The second-order valence-corrected chi connectivity index (χ2v) is 6.38. The van der Waals surface area contributed by atoms with Crippen molar-refractivity contribution < 1.29 is 13.2 Å². The number of amides is 1. The SMILES string of the molecule is CCCNS(=O)(=O)c1ccc2c(c1)CCN2C(C)=O. The minimum atomic E-state index is -3.44. The second kappa shape index (κ2) is 5.30. The molecule has 1 N–H and O–H groups in total. The molecule has 1 aliphatic heterocycles. The number of carbonyl (C=O) groups excluding carboxylic acids is 1. The smallest absolute Gasteiger partial charge is 0.240 e. The number of nitrogens with zero attached hydrogens (tertiary/aromatic N) is 1. The van der Waals surface area contributed by atoms with Crippen LogP contribution in [0, 0.1) is 0 Å². The first kappa shape index (κ1) is 14.0. The summed E-state index contributed by atoms with van der Waals surface area (Å²) in [7, 11) is -3.44. The Morgan fingerprint density at radius 1 is 1.42 bits per heavy atom. The number of benzene rings is 1. The molecule has 0 spiro atoms. The van der Waals surface area contributed by atoms with Crippen molar-refractivity contribution in [3.8, 4) is 0 Å². The van der Waals surface area contributed by atoms with Gasteiger partial charge in [-0.15, -0.1) is 0 Å². The van der Waals surface area contributed by atoms with E-state index in [-0.39, 0.29) is 10.8 Å². The lowest BCUT2D eigenvalue weighted by atomic mass is 10.2. The van der Waals surface area contributed by atoms with Crippen molar-refractivity contribution in [2.45, 2.75) is 31.6 Å². The van der Waals surface area contributed by atoms with Crippen molar-refractivity contribution in [3.05, 3.63) is 23.8 Å². The summed E-state index contributed by atoms with van der Waals surface area (Å²) in [6, 6.07) is 4.93. The highest BCUT2D eigenvalue weighted by Crippen LogP contribution is 2.30. The molecule has 0 fully saturated rings. The number of nitrogens with one attached hydrogen (secondary N) is 1. The number of anilines is 1. The van der Waals surface area contributed by atoms with Crippen LogP contribution in [0.25, 0.3) is 0 Å². The Bertz CT molecular complexity index is 596. The van der Waals surface area contributed by atoms with Gasteiger partial charge in [-0.05, 0) is 36.6 Å². The summed E-state index contributed by atoms with van der Waals surface area (Å²) in [6.45, 7) is 4.48. The molecule has 6 heteroatoms. The fourth-order valence-electron chi connectivity index (χ4n) is 2.19. The van der Waals surface area contributed by atoms with Crippen molar-refractivity contribution >= 4 is 21.6 Å². The number of rotatable bonds is 4. The van der Waals surface area contributed by atoms with Crippen molar-refractivity contribution in [3.63, 3.8) is 0 Å². The van der Waals surface area contributed by atoms with Gasteiger partial charge in [-0.25, -0.2) is 13.1 Å². The van der Waals surface area contributed by atoms with E-state index in [1.54, 1.807) is 23.1 Å². The van der Waals surface area contributed by atoms with Gasteiger partial charge in [0.2, 0.25) is 15.9 Å². The van der Waals surface area contributed by atoms with Crippen LogP contribution in [-0.2, 0) is 21.2 Å². The van der Waals surface area contributed by atoms with Gasteiger partial charge < -0.3 is 4.90 Å². The molecule has 0 bridgehead atoms. The maximum absolute atomic E-state index is 12.0. The molecule has 104 valence electrons. The Morgan fingerprint density at radius 3 is 2.79 bits per heavy atom. The first-order valence-corrected chi connectivity index (χ1v) is 7.84. The topological polar surface area (TPSA) is 66.5 Å². The first-order chi connectivity index (χ1) is 8.95. The monoisotopic (exact) mass is 282 g/mol. The molecule has 1 amide bonds. The Morgan fingerprint density at radius 2 is 2.16 bits per heavy atom.